The van der Waals surface area contributed by atoms with Gasteiger partial charge in [0.05, 0.1) is 6.54 Å². The average Bonchev–Trinajstić information content (AvgIpc) is 2.63. The van der Waals surface area contributed by atoms with Gasteiger partial charge in [0.2, 0.25) is 5.91 Å². The lowest BCUT2D eigenvalue weighted by Gasteiger charge is -2.18. The molecule has 0 spiro atoms. The first-order valence-corrected chi connectivity index (χ1v) is 8.58. The molecule has 1 rings (SSSR count). The van der Waals surface area contributed by atoms with Crippen LogP contribution in [0.1, 0.15) is 12.0 Å². The van der Waals surface area contributed by atoms with Crippen molar-refractivity contribution in [3.05, 3.63) is 35.9 Å². The fourth-order valence-corrected chi connectivity index (χ4v) is 2.20. The maximum absolute atomic E-state index is 11.9. The highest BCUT2D eigenvalue weighted by atomic mass is 16.5. The van der Waals surface area contributed by atoms with Crippen molar-refractivity contribution in [3.8, 4) is 0 Å². The molecule has 0 bridgehead atoms. The first-order chi connectivity index (χ1) is 12.2. The van der Waals surface area contributed by atoms with Gasteiger partial charge in [0.1, 0.15) is 0 Å². The van der Waals surface area contributed by atoms with Crippen molar-refractivity contribution in [2.75, 3.05) is 54.0 Å². The second-order valence-corrected chi connectivity index (χ2v) is 5.76. The normalized spacial score (nSPS) is 11.4. The molecule has 0 atom stereocenters. The van der Waals surface area contributed by atoms with E-state index in [2.05, 4.69) is 32.9 Å². The Morgan fingerprint density at radius 3 is 2.60 bits per heavy atom. The van der Waals surface area contributed by atoms with Gasteiger partial charge in [-0.3, -0.25) is 9.79 Å². The summed E-state index contributed by atoms with van der Waals surface area (Å²) in [4.78, 5) is 18.2. The highest BCUT2D eigenvalue weighted by Gasteiger charge is 2.04. The van der Waals surface area contributed by atoms with Crippen molar-refractivity contribution in [2.24, 2.45) is 4.99 Å². The van der Waals surface area contributed by atoms with E-state index in [1.54, 1.807) is 14.2 Å². The predicted octanol–water partition coefficient (Wildman–Crippen LogP) is 0.436. The molecule has 0 aromatic heterocycles. The molecular weight excluding hydrogens is 318 g/mol. The van der Waals surface area contributed by atoms with E-state index in [0.29, 0.717) is 12.5 Å². The lowest BCUT2D eigenvalue weighted by Crippen LogP contribution is -2.45. The zero-order chi connectivity index (χ0) is 18.3. The molecule has 7 nitrogen and oxygen atoms in total. The number of aliphatic imine (C=N–C) groups is 1. The molecule has 0 aliphatic heterocycles. The fourth-order valence-electron chi connectivity index (χ4n) is 2.20. The average molecular weight is 349 g/mol. The second-order valence-electron chi connectivity index (χ2n) is 5.76. The summed E-state index contributed by atoms with van der Waals surface area (Å²) < 4.78 is 5.05. The van der Waals surface area contributed by atoms with E-state index in [9.17, 15) is 4.79 Å². The van der Waals surface area contributed by atoms with Gasteiger partial charge >= 0.3 is 0 Å². The van der Waals surface area contributed by atoms with Crippen LogP contribution in [0.15, 0.2) is 35.3 Å². The summed E-state index contributed by atoms with van der Waals surface area (Å²) in [5.74, 6) is 0.559. The molecule has 0 fully saturated rings. The zero-order valence-corrected chi connectivity index (χ0v) is 15.5. The predicted molar refractivity (Wildman–Crippen MR) is 102 cm³/mol. The van der Waals surface area contributed by atoms with Crippen LogP contribution in [0.5, 0.6) is 0 Å². The Morgan fingerprint density at radius 2 is 1.92 bits per heavy atom. The van der Waals surface area contributed by atoms with Crippen molar-refractivity contribution in [2.45, 2.75) is 13.0 Å². The number of methoxy groups -OCH3 is 1. The fraction of sp³-hybridized carbons (Fsp3) is 0.556. The molecule has 0 saturated carbocycles. The van der Waals surface area contributed by atoms with Gasteiger partial charge in [-0.1, -0.05) is 30.3 Å². The Labute approximate surface area is 150 Å². The van der Waals surface area contributed by atoms with Gasteiger partial charge < -0.3 is 25.6 Å². The van der Waals surface area contributed by atoms with Crippen molar-refractivity contribution < 1.29 is 9.53 Å². The van der Waals surface area contributed by atoms with Crippen molar-refractivity contribution >= 4 is 11.9 Å². The second kappa shape index (κ2) is 13.2. The molecule has 0 saturated heterocycles. The van der Waals surface area contributed by atoms with Crippen LogP contribution in [0.4, 0.5) is 0 Å². The Balaban J connectivity index is 2.15. The molecule has 0 aliphatic rings. The van der Waals surface area contributed by atoms with Crippen LogP contribution < -0.4 is 16.0 Å². The van der Waals surface area contributed by atoms with E-state index < -0.39 is 0 Å². The number of nitrogens with one attached hydrogen (secondary N) is 3. The van der Waals surface area contributed by atoms with E-state index in [-0.39, 0.29) is 12.5 Å². The zero-order valence-electron chi connectivity index (χ0n) is 15.5. The number of ether oxygens (including phenoxy) is 1. The lowest BCUT2D eigenvalue weighted by molar-refractivity contribution is -0.120. The minimum absolute atomic E-state index is 0.0662. The standard InChI is InChI=1S/C18H31N5O2/c1-19-18(20-10-12-23(2)11-7-13-25-3)22-15-17(24)21-14-16-8-5-4-6-9-16/h4-6,8-9H,7,10-15H2,1-3H3,(H,21,24)(H2,19,20,22). The van der Waals surface area contributed by atoms with E-state index in [1.807, 2.05) is 30.3 Å². The minimum Gasteiger partial charge on any atom is -0.385 e. The first-order valence-electron chi connectivity index (χ1n) is 8.58. The maximum atomic E-state index is 11.9. The quantitative estimate of drug-likeness (QED) is 0.307. The maximum Gasteiger partial charge on any atom is 0.239 e. The third-order valence-electron chi connectivity index (χ3n) is 3.65. The number of guanidine groups is 1. The summed E-state index contributed by atoms with van der Waals surface area (Å²) in [6.07, 6.45) is 1.02. The monoisotopic (exact) mass is 349 g/mol. The summed E-state index contributed by atoms with van der Waals surface area (Å²) >= 11 is 0. The topological polar surface area (TPSA) is 78.0 Å². The van der Waals surface area contributed by atoms with Gasteiger partial charge in [-0.25, -0.2) is 0 Å². The summed E-state index contributed by atoms with van der Waals surface area (Å²) in [6, 6.07) is 9.84. The molecular formula is C18H31N5O2. The van der Waals surface area contributed by atoms with Crippen LogP contribution in [0.2, 0.25) is 0 Å². The molecule has 0 unspecified atom stereocenters. The largest absolute Gasteiger partial charge is 0.385 e. The molecule has 140 valence electrons. The van der Waals surface area contributed by atoms with Gasteiger partial charge in [0, 0.05) is 46.9 Å². The van der Waals surface area contributed by atoms with Gasteiger partial charge in [-0.2, -0.15) is 0 Å². The number of benzene rings is 1. The number of likely N-dealkylation sites (N-methyl/N-ethyl adjacent to an activating group) is 1. The van der Waals surface area contributed by atoms with E-state index in [0.717, 1.165) is 38.2 Å². The van der Waals surface area contributed by atoms with Crippen molar-refractivity contribution in [3.63, 3.8) is 0 Å². The Morgan fingerprint density at radius 1 is 1.16 bits per heavy atom. The van der Waals surface area contributed by atoms with Crippen LogP contribution >= 0.6 is 0 Å². The van der Waals surface area contributed by atoms with Gasteiger partial charge in [-0.05, 0) is 19.0 Å². The van der Waals surface area contributed by atoms with Crippen LogP contribution in [-0.2, 0) is 16.1 Å². The lowest BCUT2D eigenvalue weighted by atomic mass is 10.2. The number of rotatable bonds is 11. The van der Waals surface area contributed by atoms with Crippen molar-refractivity contribution in [1.29, 1.82) is 0 Å². The van der Waals surface area contributed by atoms with Crippen LogP contribution in [-0.4, -0.2) is 70.8 Å². The Bertz CT molecular complexity index is 507. The molecule has 0 heterocycles. The molecule has 3 N–H and O–H groups in total. The molecule has 1 aromatic rings. The molecule has 0 aliphatic carbocycles. The molecule has 25 heavy (non-hydrogen) atoms. The summed E-state index contributed by atoms with van der Waals surface area (Å²) in [6.45, 7) is 4.14. The van der Waals surface area contributed by atoms with E-state index in [4.69, 9.17) is 4.74 Å². The van der Waals surface area contributed by atoms with Crippen LogP contribution in [0.25, 0.3) is 0 Å². The Kier molecular flexibility index (Phi) is 11.0. The van der Waals surface area contributed by atoms with E-state index in [1.165, 1.54) is 0 Å². The van der Waals surface area contributed by atoms with Crippen molar-refractivity contribution in [1.82, 2.24) is 20.9 Å². The SMILES string of the molecule is CN=C(NCCN(C)CCCOC)NCC(=O)NCc1ccccc1. The summed E-state index contributed by atoms with van der Waals surface area (Å²) in [5.41, 5.74) is 1.08. The highest BCUT2D eigenvalue weighted by molar-refractivity contribution is 5.86. The minimum atomic E-state index is -0.0662. The van der Waals surface area contributed by atoms with Gasteiger partial charge in [-0.15, -0.1) is 0 Å². The van der Waals surface area contributed by atoms with Gasteiger partial charge in [0.15, 0.2) is 5.96 Å². The summed E-state index contributed by atoms with van der Waals surface area (Å²) in [7, 11) is 5.48. The third-order valence-corrected chi connectivity index (χ3v) is 3.65. The third kappa shape index (κ3) is 10.4. The number of hydrogen-bond donors (Lipinski definition) is 3. The first kappa shape index (κ1) is 20.9. The number of hydrogen-bond acceptors (Lipinski definition) is 4. The number of carbonyl (C=O) groups is 1. The number of nitrogens with zero attached hydrogens (tertiary/aromatic N) is 2. The molecule has 7 heteroatoms. The van der Waals surface area contributed by atoms with E-state index >= 15 is 0 Å². The smallest absolute Gasteiger partial charge is 0.239 e. The highest BCUT2D eigenvalue weighted by Crippen LogP contribution is 1.96. The number of carbonyl (C=O) groups excluding carboxylic acids is 1. The molecule has 1 aromatic carbocycles. The molecule has 1 amide bonds. The molecule has 0 radical (unpaired) electrons. The van der Waals surface area contributed by atoms with Crippen LogP contribution in [0, 0.1) is 0 Å². The number of amides is 1. The van der Waals surface area contributed by atoms with Crippen LogP contribution in [0.3, 0.4) is 0 Å². The summed E-state index contributed by atoms with van der Waals surface area (Å²) in [5, 5.41) is 9.10. The Hall–Kier alpha value is -2.12. The van der Waals surface area contributed by atoms with Gasteiger partial charge in [0.25, 0.3) is 0 Å².